The summed E-state index contributed by atoms with van der Waals surface area (Å²) in [5, 5.41) is 2.23. The highest BCUT2D eigenvalue weighted by atomic mass is 79.9. The maximum atomic E-state index is 6.29. The first-order chi connectivity index (χ1) is 19.2. The quantitative estimate of drug-likeness (QED) is 0.206. The zero-order chi connectivity index (χ0) is 26.2. The molecule has 0 N–H and O–H groups in total. The van der Waals surface area contributed by atoms with E-state index in [0.717, 1.165) is 43.5 Å². The maximum Gasteiger partial charge on any atom is 0.137 e. The van der Waals surface area contributed by atoms with E-state index in [4.69, 9.17) is 4.42 Å². The molecule has 0 saturated carbocycles. The van der Waals surface area contributed by atoms with Crippen molar-refractivity contribution in [1.82, 2.24) is 0 Å². The van der Waals surface area contributed by atoms with Gasteiger partial charge in [0.25, 0.3) is 0 Å². The summed E-state index contributed by atoms with van der Waals surface area (Å²) in [4.78, 5) is 2.28. The summed E-state index contributed by atoms with van der Waals surface area (Å²) in [5.41, 5.74) is 9.75. The van der Waals surface area contributed by atoms with Gasteiger partial charge in [0, 0.05) is 38.4 Å². The van der Waals surface area contributed by atoms with Crippen LogP contribution in [0.1, 0.15) is 0 Å². The molecule has 0 fully saturated rings. The van der Waals surface area contributed by atoms with Gasteiger partial charge in [0.2, 0.25) is 0 Å². The molecule has 6 aromatic carbocycles. The fourth-order valence-electron chi connectivity index (χ4n) is 5.19. The molecular weight excluding hydrogens is 542 g/mol. The van der Waals surface area contributed by atoms with Crippen LogP contribution < -0.4 is 4.90 Å². The standard InChI is InChI=1S/C36H24BrNO/c37-29-15-21-33-34-22-20-32(24-36(34)39-35(33)23-29)38(30-16-11-27(12-17-30)25-7-3-1-4-8-25)31-18-13-28(14-19-31)26-9-5-2-6-10-26/h1-24H. The third kappa shape index (κ3) is 4.52. The van der Waals surface area contributed by atoms with E-state index in [1.165, 1.54) is 22.3 Å². The van der Waals surface area contributed by atoms with Gasteiger partial charge in [-0.25, -0.2) is 0 Å². The third-order valence-electron chi connectivity index (χ3n) is 7.14. The minimum Gasteiger partial charge on any atom is -0.456 e. The monoisotopic (exact) mass is 565 g/mol. The predicted molar refractivity (Wildman–Crippen MR) is 167 cm³/mol. The number of anilines is 3. The van der Waals surface area contributed by atoms with Gasteiger partial charge in [0.05, 0.1) is 0 Å². The lowest BCUT2D eigenvalue weighted by Crippen LogP contribution is -2.09. The second-order valence-corrected chi connectivity index (χ2v) is 10.5. The molecule has 1 aromatic heterocycles. The Labute approximate surface area is 235 Å². The van der Waals surface area contributed by atoms with E-state index < -0.39 is 0 Å². The largest absolute Gasteiger partial charge is 0.456 e. The average molecular weight is 566 g/mol. The Kier molecular flexibility index (Phi) is 5.99. The summed E-state index contributed by atoms with van der Waals surface area (Å²) in [7, 11) is 0. The van der Waals surface area contributed by atoms with E-state index in [9.17, 15) is 0 Å². The van der Waals surface area contributed by atoms with E-state index in [0.29, 0.717) is 0 Å². The Morgan fingerprint density at radius 2 is 0.846 bits per heavy atom. The number of fused-ring (bicyclic) bond motifs is 3. The fraction of sp³-hybridized carbons (Fsp3) is 0. The van der Waals surface area contributed by atoms with E-state index in [2.05, 4.69) is 148 Å². The molecule has 0 aliphatic carbocycles. The molecule has 1 heterocycles. The van der Waals surface area contributed by atoms with Crippen LogP contribution in [0.3, 0.4) is 0 Å². The Balaban J connectivity index is 1.34. The Morgan fingerprint density at radius 3 is 1.38 bits per heavy atom. The number of rotatable bonds is 5. The van der Waals surface area contributed by atoms with Gasteiger partial charge in [0.1, 0.15) is 11.2 Å². The van der Waals surface area contributed by atoms with E-state index >= 15 is 0 Å². The van der Waals surface area contributed by atoms with Crippen molar-refractivity contribution in [3.63, 3.8) is 0 Å². The number of furan rings is 1. The van der Waals surface area contributed by atoms with E-state index in [1.54, 1.807) is 0 Å². The molecule has 3 heteroatoms. The first-order valence-electron chi connectivity index (χ1n) is 13.0. The van der Waals surface area contributed by atoms with Gasteiger partial charge in [-0.15, -0.1) is 0 Å². The van der Waals surface area contributed by atoms with Crippen molar-refractivity contribution in [1.29, 1.82) is 0 Å². The number of hydrogen-bond acceptors (Lipinski definition) is 2. The molecular formula is C36H24BrNO. The van der Waals surface area contributed by atoms with Crippen LogP contribution in [0.2, 0.25) is 0 Å². The molecule has 0 amide bonds. The summed E-state index contributed by atoms with van der Waals surface area (Å²) in [6, 6.07) is 51.1. The van der Waals surface area contributed by atoms with Crippen LogP contribution in [-0.2, 0) is 0 Å². The zero-order valence-corrected chi connectivity index (χ0v) is 22.7. The first-order valence-corrected chi connectivity index (χ1v) is 13.8. The minimum atomic E-state index is 0.868. The number of nitrogens with zero attached hydrogens (tertiary/aromatic N) is 1. The fourth-order valence-corrected chi connectivity index (χ4v) is 5.53. The normalized spacial score (nSPS) is 11.2. The molecule has 39 heavy (non-hydrogen) atoms. The lowest BCUT2D eigenvalue weighted by Gasteiger charge is -2.26. The molecule has 0 radical (unpaired) electrons. The summed E-state index contributed by atoms with van der Waals surface area (Å²) < 4.78 is 7.30. The van der Waals surface area contributed by atoms with Crippen LogP contribution in [-0.4, -0.2) is 0 Å². The Hall–Kier alpha value is -4.60. The van der Waals surface area contributed by atoms with Gasteiger partial charge in [-0.2, -0.15) is 0 Å². The molecule has 0 aliphatic rings. The van der Waals surface area contributed by atoms with Crippen LogP contribution in [0.4, 0.5) is 17.1 Å². The van der Waals surface area contributed by atoms with E-state index in [1.807, 2.05) is 18.2 Å². The highest BCUT2D eigenvalue weighted by molar-refractivity contribution is 9.10. The first kappa shape index (κ1) is 23.5. The van der Waals surface area contributed by atoms with Gasteiger partial charge in [-0.05, 0) is 76.9 Å². The maximum absolute atomic E-state index is 6.29. The smallest absolute Gasteiger partial charge is 0.137 e. The molecule has 7 rings (SSSR count). The zero-order valence-electron chi connectivity index (χ0n) is 21.1. The van der Waals surface area contributed by atoms with Crippen molar-refractivity contribution in [2.75, 3.05) is 4.90 Å². The highest BCUT2D eigenvalue weighted by Crippen LogP contribution is 2.40. The van der Waals surface area contributed by atoms with Crippen molar-refractivity contribution in [3.05, 3.63) is 150 Å². The second kappa shape index (κ2) is 9.94. The number of benzene rings is 6. The molecule has 0 aliphatic heterocycles. The summed E-state index contributed by atoms with van der Waals surface area (Å²) in [6.45, 7) is 0. The van der Waals surface area contributed by atoms with Crippen molar-refractivity contribution < 1.29 is 4.42 Å². The molecule has 2 nitrogen and oxygen atoms in total. The van der Waals surface area contributed by atoms with Gasteiger partial charge in [-0.3, -0.25) is 0 Å². The van der Waals surface area contributed by atoms with Gasteiger partial charge in [-0.1, -0.05) is 101 Å². The molecule has 0 saturated heterocycles. The lowest BCUT2D eigenvalue weighted by molar-refractivity contribution is 0.668. The summed E-state index contributed by atoms with van der Waals surface area (Å²) in [5.74, 6) is 0. The predicted octanol–water partition coefficient (Wildman–Crippen LogP) is 11.2. The number of hydrogen-bond donors (Lipinski definition) is 0. The van der Waals surface area contributed by atoms with Crippen LogP contribution in [0.25, 0.3) is 44.2 Å². The van der Waals surface area contributed by atoms with E-state index in [-0.39, 0.29) is 0 Å². The Morgan fingerprint density at radius 1 is 0.410 bits per heavy atom. The summed E-state index contributed by atoms with van der Waals surface area (Å²) >= 11 is 3.57. The van der Waals surface area contributed by atoms with Crippen molar-refractivity contribution >= 4 is 54.9 Å². The average Bonchev–Trinajstić information content (AvgIpc) is 3.36. The number of halogens is 1. The van der Waals surface area contributed by atoms with Crippen LogP contribution in [0.15, 0.2) is 154 Å². The van der Waals surface area contributed by atoms with Gasteiger partial charge >= 0.3 is 0 Å². The topological polar surface area (TPSA) is 16.4 Å². The molecule has 0 spiro atoms. The third-order valence-corrected chi connectivity index (χ3v) is 7.64. The van der Waals surface area contributed by atoms with Crippen molar-refractivity contribution in [2.24, 2.45) is 0 Å². The van der Waals surface area contributed by atoms with Crippen molar-refractivity contribution in [2.45, 2.75) is 0 Å². The van der Waals surface area contributed by atoms with Crippen LogP contribution in [0.5, 0.6) is 0 Å². The molecule has 0 bridgehead atoms. The molecule has 0 atom stereocenters. The minimum absolute atomic E-state index is 0.868. The highest BCUT2D eigenvalue weighted by Gasteiger charge is 2.16. The second-order valence-electron chi connectivity index (χ2n) is 9.58. The molecule has 0 unspecified atom stereocenters. The SMILES string of the molecule is Brc1ccc2c(c1)oc1cc(N(c3ccc(-c4ccccc4)cc3)c3ccc(-c4ccccc4)cc3)ccc12. The summed E-state index contributed by atoms with van der Waals surface area (Å²) in [6.07, 6.45) is 0. The molecule has 7 aromatic rings. The van der Waals surface area contributed by atoms with Crippen molar-refractivity contribution in [3.8, 4) is 22.3 Å². The lowest BCUT2D eigenvalue weighted by atomic mass is 10.0. The van der Waals surface area contributed by atoms with Crippen LogP contribution in [0, 0.1) is 0 Å². The van der Waals surface area contributed by atoms with Gasteiger partial charge < -0.3 is 9.32 Å². The van der Waals surface area contributed by atoms with Gasteiger partial charge in [0.15, 0.2) is 0 Å². The molecule has 186 valence electrons. The van der Waals surface area contributed by atoms with Crippen LogP contribution >= 0.6 is 15.9 Å². The Bertz CT molecular complexity index is 1810.